The zero-order chi connectivity index (χ0) is 28.6. The Balaban J connectivity index is 1.53. The summed E-state index contributed by atoms with van der Waals surface area (Å²) in [5.74, 6) is 7.09. The molecule has 11 heteroatoms. The lowest BCUT2D eigenvalue weighted by molar-refractivity contribution is -0.125. The molecule has 1 aromatic carbocycles. The van der Waals surface area contributed by atoms with Gasteiger partial charge in [0.05, 0.1) is 11.8 Å². The van der Waals surface area contributed by atoms with Crippen LogP contribution < -0.4 is 21.7 Å². The molecule has 0 radical (unpaired) electrons. The summed E-state index contributed by atoms with van der Waals surface area (Å²) in [6.07, 6.45) is 5.73. The van der Waals surface area contributed by atoms with Gasteiger partial charge in [-0.15, -0.1) is 0 Å². The molecule has 1 aromatic heterocycles. The molecule has 208 valence electrons. The van der Waals surface area contributed by atoms with Crippen molar-refractivity contribution in [1.29, 1.82) is 5.41 Å². The number of unbranched alkanes of at least 4 members (excludes halogenated alkanes) is 1. The van der Waals surface area contributed by atoms with E-state index in [-0.39, 0.29) is 5.91 Å². The van der Waals surface area contributed by atoms with Crippen molar-refractivity contribution in [3.05, 3.63) is 35.5 Å². The predicted octanol–water partition coefficient (Wildman–Crippen LogP) is 3.88. The standard InChI is InChI=1S/C28H38N8O3/c1-18(36(5)27(38)39-28(2,3)4)25(37)31-14-8-6-7-9-19-17-32-26(35-24(19)33-21-10-11-21)34-22-12-13-23(30)20(15-22)16-29/h12-13,15-18,21,29H,6,8,10-11,14,30H2,1-5H3,(H,31,37)(H2,32,33,34,35)/t18-/m0/s1. The van der Waals surface area contributed by atoms with Crippen LogP contribution in [0.1, 0.15) is 64.5 Å². The molecule has 1 aliphatic carbocycles. The third-order valence-electron chi connectivity index (χ3n) is 5.85. The molecule has 0 spiro atoms. The molecule has 2 aromatic rings. The molecule has 6 N–H and O–H groups in total. The number of amides is 2. The van der Waals surface area contributed by atoms with Crippen LogP contribution in [-0.2, 0) is 9.53 Å². The molecular weight excluding hydrogens is 496 g/mol. The molecule has 0 saturated heterocycles. The lowest BCUT2D eigenvalue weighted by Gasteiger charge is -2.28. The second-order valence-corrected chi connectivity index (χ2v) is 10.5. The van der Waals surface area contributed by atoms with E-state index in [9.17, 15) is 9.59 Å². The molecular formula is C28H38N8O3. The Hall–Kier alpha value is -4.33. The number of ether oxygens (including phenoxy) is 1. The van der Waals surface area contributed by atoms with Gasteiger partial charge in [-0.3, -0.25) is 9.69 Å². The number of hydrogen-bond acceptors (Lipinski definition) is 9. The van der Waals surface area contributed by atoms with Crippen molar-refractivity contribution in [2.24, 2.45) is 0 Å². The largest absolute Gasteiger partial charge is 0.444 e. The third-order valence-corrected chi connectivity index (χ3v) is 5.85. The Kier molecular flexibility index (Phi) is 9.71. The number of benzene rings is 1. The van der Waals surface area contributed by atoms with Gasteiger partial charge in [0.25, 0.3) is 0 Å². The second-order valence-electron chi connectivity index (χ2n) is 10.5. The van der Waals surface area contributed by atoms with Gasteiger partial charge in [-0.05, 0) is 65.2 Å². The Morgan fingerprint density at radius 2 is 2.08 bits per heavy atom. The van der Waals surface area contributed by atoms with Crippen molar-refractivity contribution in [2.75, 3.05) is 30.0 Å². The average molecular weight is 535 g/mol. The number of carbonyl (C=O) groups excluding carboxylic acids is 2. The second kappa shape index (κ2) is 13.0. The number of anilines is 4. The highest BCUT2D eigenvalue weighted by atomic mass is 16.6. The van der Waals surface area contributed by atoms with Crippen LogP contribution in [0.4, 0.5) is 27.9 Å². The first-order chi connectivity index (χ1) is 18.5. The van der Waals surface area contributed by atoms with Gasteiger partial charge in [0, 0.05) is 49.2 Å². The lowest BCUT2D eigenvalue weighted by atomic mass is 10.2. The van der Waals surface area contributed by atoms with Crippen molar-refractivity contribution in [3.63, 3.8) is 0 Å². The topological polar surface area (TPSA) is 158 Å². The average Bonchev–Trinajstić information content (AvgIpc) is 3.70. The van der Waals surface area contributed by atoms with Crippen LogP contribution in [0, 0.1) is 17.3 Å². The van der Waals surface area contributed by atoms with Crippen LogP contribution in [0.25, 0.3) is 0 Å². The SMILES string of the molecule is C[C@@H](C(=O)NCCCC#Cc1cnc(Nc2ccc(N)c(C=N)c2)nc1NC1CC1)N(C)C(=O)OC(C)(C)C. The highest BCUT2D eigenvalue weighted by Crippen LogP contribution is 2.26. The Bertz CT molecular complexity index is 1260. The van der Waals surface area contributed by atoms with Crippen molar-refractivity contribution in [2.45, 2.75) is 71.1 Å². The fourth-order valence-corrected chi connectivity index (χ4v) is 3.33. The highest BCUT2D eigenvalue weighted by Gasteiger charge is 2.26. The van der Waals surface area contributed by atoms with Crippen LogP contribution in [-0.4, -0.2) is 64.4 Å². The maximum absolute atomic E-state index is 12.4. The highest BCUT2D eigenvalue weighted by molar-refractivity contribution is 5.87. The van der Waals surface area contributed by atoms with E-state index in [2.05, 4.69) is 37.8 Å². The maximum Gasteiger partial charge on any atom is 0.410 e. The van der Waals surface area contributed by atoms with Gasteiger partial charge in [0.2, 0.25) is 11.9 Å². The van der Waals surface area contributed by atoms with E-state index in [0.717, 1.165) is 18.5 Å². The molecule has 3 rings (SSSR count). The minimum Gasteiger partial charge on any atom is -0.444 e. The maximum atomic E-state index is 12.4. The number of likely N-dealkylation sites (N-methyl/N-ethyl adjacent to an activating group) is 1. The lowest BCUT2D eigenvalue weighted by Crippen LogP contribution is -2.47. The normalized spacial score (nSPS) is 13.4. The first-order valence-electron chi connectivity index (χ1n) is 13.0. The number of nitrogens with one attached hydrogen (secondary N) is 4. The Labute approximate surface area is 229 Å². The van der Waals surface area contributed by atoms with E-state index in [1.165, 1.54) is 11.1 Å². The predicted molar refractivity (Wildman–Crippen MR) is 153 cm³/mol. The summed E-state index contributed by atoms with van der Waals surface area (Å²) in [5, 5.41) is 16.9. The van der Waals surface area contributed by atoms with E-state index in [1.807, 2.05) is 6.07 Å². The van der Waals surface area contributed by atoms with Crippen molar-refractivity contribution < 1.29 is 14.3 Å². The Morgan fingerprint density at radius 3 is 2.74 bits per heavy atom. The van der Waals surface area contributed by atoms with E-state index in [4.69, 9.17) is 15.9 Å². The third kappa shape index (κ3) is 9.17. The summed E-state index contributed by atoms with van der Waals surface area (Å²) in [7, 11) is 1.54. The van der Waals surface area contributed by atoms with Crippen LogP contribution in [0.3, 0.4) is 0 Å². The fourth-order valence-electron chi connectivity index (χ4n) is 3.33. The summed E-state index contributed by atoms with van der Waals surface area (Å²) in [6.45, 7) is 7.44. The first kappa shape index (κ1) is 29.2. The molecule has 39 heavy (non-hydrogen) atoms. The van der Waals surface area contributed by atoms with Gasteiger partial charge < -0.3 is 31.8 Å². The summed E-state index contributed by atoms with van der Waals surface area (Å²) in [6, 6.07) is 5.03. The van der Waals surface area contributed by atoms with E-state index in [0.29, 0.717) is 54.0 Å². The molecule has 1 heterocycles. The number of nitrogens with two attached hydrogens (primary N) is 1. The van der Waals surface area contributed by atoms with Crippen LogP contribution in [0.2, 0.25) is 0 Å². The molecule has 11 nitrogen and oxygen atoms in total. The smallest absolute Gasteiger partial charge is 0.410 e. The van der Waals surface area contributed by atoms with E-state index in [1.54, 1.807) is 53.1 Å². The van der Waals surface area contributed by atoms with Crippen LogP contribution in [0.5, 0.6) is 0 Å². The van der Waals surface area contributed by atoms with Gasteiger partial charge in [-0.2, -0.15) is 4.98 Å². The van der Waals surface area contributed by atoms with Gasteiger partial charge in [-0.1, -0.05) is 11.8 Å². The minimum atomic E-state index is -0.656. The monoisotopic (exact) mass is 534 g/mol. The van der Waals surface area contributed by atoms with Crippen molar-refractivity contribution in [3.8, 4) is 11.8 Å². The molecule has 0 unspecified atom stereocenters. The van der Waals surface area contributed by atoms with E-state index >= 15 is 0 Å². The summed E-state index contributed by atoms with van der Waals surface area (Å²) in [5.41, 5.74) is 7.81. The summed E-state index contributed by atoms with van der Waals surface area (Å²) >= 11 is 0. The Morgan fingerprint density at radius 1 is 1.33 bits per heavy atom. The number of nitrogens with zero attached hydrogens (tertiary/aromatic N) is 3. The fraction of sp³-hybridized carbons (Fsp3) is 0.464. The number of aromatic nitrogens is 2. The molecule has 1 saturated carbocycles. The summed E-state index contributed by atoms with van der Waals surface area (Å²) in [4.78, 5) is 34.9. The van der Waals surface area contributed by atoms with Crippen molar-refractivity contribution >= 4 is 41.4 Å². The molecule has 1 fully saturated rings. The number of nitrogen functional groups attached to an aromatic ring is 1. The van der Waals surface area contributed by atoms with Crippen molar-refractivity contribution in [1.82, 2.24) is 20.2 Å². The molecule has 1 atom stereocenters. The summed E-state index contributed by atoms with van der Waals surface area (Å²) < 4.78 is 5.32. The zero-order valence-electron chi connectivity index (χ0n) is 23.2. The van der Waals surface area contributed by atoms with Crippen LogP contribution in [0.15, 0.2) is 24.4 Å². The molecule has 0 bridgehead atoms. The minimum absolute atomic E-state index is 0.252. The zero-order valence-corrected chi connectivity index (χ0v) is 23.2. The quantitative estimate of drug-likeness (QED) is 0.133. The first-order valence-corrected chi connectivity index (χ1v) is 13.0. The number of hydrogen-bond donors (Lipinski definition) is 5. The molecule has 0 aliphatic heterocycles. The molecule has 1 aliphatic rings. The van der Waals surface area contributed by atoms with Gasteiger partial charge in [0.15, 0.2) is 0 Å². The van der Waals surface area contributed by atoms with Gasteiger partial charge in [-0.25, -0.2) is 9.78 Å². The van der Waals surface area contributed by atoms with Crippen LogP contribution >= 0.6 is 0 Å². The number of carbonyl (C=O) groups is 2. The van der Waals surface area contributed by atoms with E-state index < -0.39 is 17.7 Å². The van der Waals surface area contributed by atoms with Gasteiger partial charge in [0.1, 0.15) is 17.5 Å². The van der Waals surface area contributed by atoms with Gasteiger partial charge >= 0.3 is 6.09 Å². The number of rotatable bonds is 10. The molecule has 2 amide bonds.